The highest BCUT2D eigenvalue weighted by Gasteiger charge is 2.24. The van der Waals surface area contributed by atoms with E-state index in [0.29, 0.717) is 17.3 Å². The minimum Gasteiger partial charge on any atom is -0.442 e. The maximum atomic E-state index is 5.78. The lowest BCUT2D eigenvalue weighted by Gasteiger charge is -2.29. The van der Waals surface area contributed by atoms with E-state index in [1.807, 2.05) is 12.1 Å². The van der Waals surface area contributed by atoms with Crippen molar-refractivity contribution < 1.29 is 4.42 Å². The fourth-order valence-corrected chi connectivity index (χ4v) is 2.43. The number of furan rings is 1. The van der Waals surface area contributed by atoms with Crippen LogP contribution in [0.5, 0.6) is 0 Å². The lowest BCUT2D eigenvalue weighted by Crippen LogP contribution is -2.35. The highest BCUT2D eigenvalue weighted by Crippen LogP contribution is 2.29. The van der Waals surface area contributed by atoms with Crippen molar-refractivity contribution in [1.29, 1.82) is 0 Å². The molecule has 1 aliphatic heterocycles. The van der Waals surface area contributed by atoms with Gasteiger partial charge in [0.2, 0.25) is 5.71 Å². The summed E-state index contributed by atoms with van der Waals surface area (Å²) < 4.78 is 5.78. The van der Waals surface area contributed by atoms with Crippen LogP contribution in [0.3, 0.4) is 0 Å². The molecule has 1 aliphatic rings. The van der Waals surface area contributed by atoms with E-state index in [9.17, 15) is 0 Å². The maximum Gasteiger partial charge on any atom is 0.225 e. The molecule has 0 N–H and O–H groups in total. The molecule has 3 nitrogen and oxygen atoms in total. The van der Waals surface area contributed by atoms with Crippen LogP contribution >= 0.6 is 0 Å². The Morgan fingerprint density at radius 3 is 3.00 bits per heavy atom. The highest BCUT2D eigenvalue weighted by atomic mass is 16.3. The Bertz CT molecular complexity index is 562. The van der Waals surface area contributed by atoms with Crippen molar-refractivity contribution in [2.75, 3.05) is 6.54 Å². The van der Waals surface area contributed by atoms with Crippen molar-refractivity contribution in [2.45, 2.75) is 32.9 Å². The lowest BCUT2D eigenvalue weighted by atomic mass is 10.0. The number of pyridine rings is 1. The van der Waals surface area contributed by atoms with Crippen LogP contribution < -0.4 is 5.59 Å². The highest BCUT2D eigenvalue weighted by molar-refractivity contribution is 6.31. The summed E-state index contributed by atoms with van der Waals surface area (Å²) in [5, 5.41) is 1.11. The molecule has 86 valence electrons. The SMILES string of the molecule is [B]c1ccc2c3c(oc2n1)CCN(C(C)C)C3. The quantitative estimate of drug-likeness (QED) is 0.688. The summed E-state index contributed by atoms with van der Waals surface area (Å²) in [4.78, 5) is 6.70. The van der Waals surface area contributed by atoms with E-state index in [-0.39, 0.29) is 0 Å². The predicted octanol–water partition coefficient (Wildman–Crippen LogP) is 1.39. The molecule has 0 fully saturated rings. The molecule has 2 aromatic heterocycles. The van der Waals surface area contributed by atoms with Gasteiger partial charge in [0.25, 0.3) is 0 Å². The molecule has 3 heterocycles. The second-order valence-electron chi connectivity index (χ2n) is 4.91. The van der Waals surface area contributed by atoms with Gasteiger partial charge in [-0.05, 0) is 25.5 Å². The second-order valence-corrected chi connectivity index (χ2v) is 4.91. The van der Waals surface area contributed by atoms with Gasteiger partial charge in [-0.1, -0.05) is 6.07 Å². The van der Waals surface area contributed by atoms with Crippen LogP contribution in [0.1, 0.15) is 25.2 Å². The molecule has 0 saturated heterocycles. The second kappa shape index (κ2) is 3.88. The van der Waals surface area contributed by atoms with E-state index in [1.165, 1.54) is 5.56 Å². The Labute approximate surface area is 102 Å². The zero-order valence-corrected chi connectivity index (χ0v) is 10.2. The molecule has 0 saturated carbocycles. The van der Waals surface area contributed by atoms with E-state index >= 15 is 0 Å². The zero-order chi connectivity index (χ0) is 12.0. The van der Waals surface area contributed by atoms with Crippen LogP contribution in [0.4, 0.5) is 0 Å². The van der Waals surface area contributed by atoms with Crippen LogP contribution in [0.2, 0.25) is 0 Å². The minimum atomic E-state index is 0.518. The van der Waals surface area contributed by atoms with E-state index < -0.39 is 0 Å². The van der Waals surface area contributed by atoms with Crippen LogP contribution in [-0.2, 0) is 13.0 Å². The molecule has 4 heteroatoms. The Morgan fingerprint density at radius 2 is 2.24 bits per heavy atom. The van der Waals surface area contributed by atoms with E-state index in [0.717, 1.165) is 30.7 Å². The molecular weight excluding hydrogens is 211 g/mol. The standard InChI is InChI=1S/C13H15BN2O/c1-8(2)16-6-5-11-10(7-16)9-3-4-12(14)15-13(9)17-11/h3-4,8H,5-7H2,1-2H3. The van der Waals surface area contributed by atoms with Crippen LogP contribution in [0.25, 0.3) is 11.1 Å². The van der Waals surface area contributed by atoms with Crippen LogP contribution in [-0.4, -0.2) is 30.3 Å². The maximum absolute atomic E-state index is 5.78. The van der Waals surface area contributed by atoms with Gasteiger partial charge >= 0.3 is 0 Å². The van der Waals surface area contributed by atoms with E-state index in [2.05, 4.69) is 23.7 Å². The summed E-state index contributed by atoms with van der Waals surface area (Å²) in [5.74, 6) is 1.08. The van der Waals surface area contributed by atoms with Gasteiger partial charge in [0.1, 0.15) is 13.6 Å². The summed E-state index contributed by atoms with van der Waals surface area (Å²) in [7, 11) is 5.68. The number of hydrogen-bond donors (Lipinski definition) is 0. The largest absolute Gasteiger partial charge is 0.442 e. The first kappa shape index (κ1) is 10.8. The number of rotatable bonds is 1. The minimum absolute atomic E-state index is 0.518. The third kappa shape index (κ3) is 1.76. The van der Waals surface area contributed by atoms with Gasteiger partial charge < -0.3 is 4.42 Å². The van der Waals surface area contributed by atoms with Crippen molar-refractivity contribution >= 4 is 24.5 Å². The molecule has 17 heavy (non-hydrogen) atoms. The third-order valence-corrected chi connectivity index (χ3v) is 3.48. The van der Waals surface area contributed by atoms with Crippen molar-refractivity contribution in [2.24, 2.45) is 0 Å². The van der Waals surface area contributed by atoms with Crippen molar-refractivity contribution in [3.63, 3.8) is 0 Å². The summed E-state index contributed by atoms with van der Waals surface area (Å²) in [5.41, 5.74) is 2.48. The molecule has 0 spiro atoms. The zero-order valence-electron chi connectivity index (χ0n) is 10.2. The molecule has 0 amide bonds. The topological polar surface area (TPSA) is 29.3 Å². The predicted molar refractivity (Wildman–Crippen MR) is 68.6 cm³/mol. The third-order valence-electron chi connectivity index (χ3n) is 3.48. The molecule has 0 unspecified atom stereocenters. The Hall–Kier alpha value is -1.29. The van der Waals surface area contributed by atoms with Gasteiger partial charge in [-0.3, -0.25) is 4.90 Å². The number of hydrogen-bond acceptors (Lipinski definition) is 3. The van der Waals surface area contributed by atoms with E-state index in [1.54, 1.807) is 0 Å². The summed E-state index contributed by atoms with van der Waals surface area (Å²) in [6.07, 6.45) is 0.962. The van der Waals surface area contributed by atoms with Crippen molar-refractivity contribution in [3.8, 4) is 0 Å². The molecule has 0 aliphatic carbocycles. The average Bonchev–Trinajstić information content (AvgIpc) is 2.64. The van der Waals surface area contributed by atoms with Crippen LogP contribution in [0.15, 0.2) is 16.5 Å². The smallest absolute Gasteiger partial charge is 0.225 e. The van der Waals surface area contributed by atoms with Gasteiger partial charge in [0.05, 0.1) is 0 Å². The van der Waals surface area contributed by atoms with Crippen LogP contribution in [0, 0.1) is 0 Å². The number of nitrogens with zero attached hydrogens (tertiary/aromatic N) is 2. The Morgan fingerprint density at radius 1 is 1.41 bits per heavy atom. The fraction of sp³-hybridized carbons (Fsp3) is 0.462. The lowest BCUT2D eigenvalue weighted by molar-refractivity contribution is 0.196. The Kier molecular flexibility index (Phi) is 2.47. The normalized spacial score (nSPS) is 16.6. The summed E-state index contributed by atoms with van der Waals surface area (Å²) >= 11 is 0. The van der Waals surface area contributed by atoms with Crippen molar-refractivity contribution in [1.82, 2.24) is 9.88 Å². The average molecular weight is 226 g/mol. The van der Waals surface area contributed by atoms with Gasteiger partial charge in [-0.15, -0.1) is 0 Å². The Balaban J connectivity index is 2.09. The molecule has 0 bridgehead atoms. The van der Waals surface area contributed by atoms with Gasteiger partial charge in [0, 0.05) is 36.5 Å². The number of fused-ring (bicyclic) bond motifs is 3. The first-order valence-electron chi connectivity index (χ1n) is 6.06. The first-order chi connectivity index (χ1) is 8.15. The monoisotopic (exact) mass is 226 g/mol. The molecule has 0 aromatic carbocycles. The molecule has 2 radical (unpaired) electrons. The van der Waals surface area contributed by atoms with E-state index in [4.69, 9.17) is 12.3 Å². The number of aromatic nitrogens is 1. The molecular formula is C13H15BN2O. The summed E-state index contributed by atoms with van der Waals surface area (Å²) in [6.45, 7) is 6.46. The molecule has 2 aromatic rings. The first-order valence-corrected chi connectivity index (χ1v) is 6.06. The molecule has 3 rings (SSSR count). The van der Waals surface area contributed by atoms with Crippen molar-refractivity contribution in [3.05, 3.63) is 23.5 Å². The van der Waals surface area contributed by atoms with Gasteiger partial charge in [-0.2, -0.15) is 0 Å². The fourth-order valence-electron chi connectivity index (χ4n) is 2.43. The van der Waals surface area contributed by atoms with Gasteiger partial charge in [-0.25, -0.2) is 4.98 Å². The molecule has 0 atom stereocenters. The summed E-state index contributed by atoms with van der Waals surface area (Å²) in [6, 6.07) is 4.42. The van der Waals surface area contributed by atoms with Gasteiger partial charge in [0.15, 0.2) is 0 Å².